The number of carbonyl (C=O) groups excluding carboxylic acids is 1. The third-order valence-corrected chi connectivity index (χ3v) is 3.59. The molecule has 0 atom stereocenters. The van der Waals surface area contributed by atoms with Gasteiger partial charge in [-0.1, -0.05) is 5.16 Å². The van der Waals surface area contributed by atoms with Gasteiger partial charge in [0.2, 0.25) is 0 Å². The van der Waals surface area contributed by atoms with Crippen LogP contribution in [0.1, 0.15) is 28.7 Å². The topological polar surface area (TPSA) is 89.3 Å². The van der Waals surface area contributed by atoms with E-state index in [0.29, 0.717) is 29.4 Å². The normalized spacial score (nSPS) is 10.4. The van der Waals surface area contributed by atoms with Crippen molar-refractivity contribution in [2.45, 2.75) is 20.4 Å². The van der Waals surface area contributed by atoms with Gasteiger partial charge in [-0.05, 0) is 50.2 Å². The summed E-state index contributed by atoms with van der Waals surface area (Å²) >= 11 is 0. The highest BCUT2D eigenvalue weighted by Crippen LogP contribution is 2.21. The van der Waals surface area contributed by atoms with Gasteiger partial charge in [0.25, 0.3) is 5.91 Å². The van der Waals surface area contributed by atoms with Gasteiger partial charge in [0, 0.05) is 18.0 Å². The first-order valence-electron chi connectivity index (χ1n) is 8.31. The van der Waals surface area contributed by atoms with E-state index < -0.39 is 0 Å². The van der Waals surface area contributed by atoms with Gasteiger partial charge < -0.3 is 19.9 Å². The second-order valence-corrected chi connectivity index (χ2v) is 5.59. The van der Waals surface area contributed by atoms with Gasteiger partial charge in [-0.2, -0.15) is 0 Å². The minimum Gasteiger partial charge on any atom is -0.494 e. The van der Waals surface area contributed by atoms with Crippen molar-refractivity contribution >= 4 is 17.4 Å². The van der Waals surface area contributed by atoms with Crippen LogP contribution in [0.4, 0.5) is 11.5 Å². The van der Waals surface area contributed by atoms with E-state index >= 15 is 0 Å². The molecular formula is C19H20N4O3. The van der Waals surface area contributed by atoms with Crippen LogP contribution >= 0.6 is 0 Å². The number of anilines is 2. The lowest BCUT2D eigenvalue weighted by molar-refractivity contribution is 0.0950. The quantitative estimate of drug-likeness (QED) is 0.677. The van der Waals surface area contributed by atoms with Crippen molar-refractivity contribution in [2.75, 3.05) is 11.9 Å². The largest absolute Gasteiger partial charge is 0.494 e. The molecule has 1 aromatic carbocycles. The number of aromatic nitrogens is 2. The van der Waals surface area contributed by atoms with Crippen LogP contribution in [0.2, 0.25) is 0 Å². The van der Waals surface area contributed by atoms with Gasteiger partial charge in [-0.15, -0.1) is 0 Å². The molecule has 0 fully saturated rings. The number of nitrogens with zero attached hydrogens (tertiary/aromatic N) is 2. The fourth-order valence-electron chi connectivity index (χ4n) is 2.39. The van der Waals surface area contributed by atoms with Crippen LogP contribution in [0.5, 0.6) is 5.75 Å². The summed E-state index contributed by atoms with van der Waals surface area (Å²) in [6, 6.07) is 12.7. The Morgan fingerprint density at radius 3 is 2.73 bits per heavy atom. The predicted molar refractivity (Wildman–Crippen MR) is 97.5 cm³/mol. The molecule has 0 aliphatic carbocycles. The Kier molecular flexibility index (Phi) is 5.48. The summed E-state index contributed by atoms with van der Waals surface area (Å²) in [6.45, 7) is 4.64. The summed E-state index contributed by atoms with van der Waals surface area (Å²) in [4.78, 5) is 16.8. The van der Waals surface area contributed by atoms with E-state index in [1.54, 1.807) is 31.3 Å². The van der Waals surface area contributed by atoms with Crippen molar-refractivity contribution in [3.8, 4) is 5.75 Å². The molecule has 3 aromatic rings. The highest BCUT2D eigenvalue weighted by atomic mass is 16.5. The lowest BCUT2D eigenvalue weighted by atomic mass is 10.2. The Morgan fingerprint density at radius 2 is 2.04 bits per heavy atom. The molecule has 0 saturated heterocycles. The summed E-state index contributed by atoms with van der Waals surface area (Å²) in [5.74, 6) is 1.73. The molecule has 7 nitrogen and oxygen atoms in total. The first-order valence-corrected chi connectivity index (χ1v) is 8.31. The van der Waals surface area contributed by atoms with Gasteiger partial charge >= 0.3 is 0 Å². The zero-order valence-corrected chi connectivity index (χ0v) is 14.7. The Hall–Kier alpha value is -3.35. The molecule has 2 aromatic heterocycles. The van der Waals surface area contributed by atoms with Crippen LogP contribution in [0.15, 0.2) is 53.2 Å². The van der Waals surface area contributed by atoms with E-state index in [0.717, 1.165) is 11.4 Å². The maximum atomic E-state index is 12.5. The second kappa shape index (κ2) is 8.15. The molecule has 0 saturated carbocycles. The molecule has 0 aliphatic rings. The summed E-state index contributed by atoms with van der Waals surface area (Å²) in [7, 11) is 0. The van der Waals surface area contributed by atoms with Crippen molar-refractivity contribution < 1.29 is 14.1 Å². The van der Waals surface area contributed by atoms with Crippen molar-refractivity contribution in [3.05, 3.63) is 65.7 Å². The zero-order valence-electron chi connectivity index (χ0n) is 14.7. The molecule has 2 heterocycles. The number of benzene rings is 1. The molecule has 134 valence electrons. The summed E-state index contributed by atoms with van der Waals surface area (Å²) in [5.41, 5.74) is 1.93. The Bertz CT molecular complexity index is 875. The Morgan fingerprint density at radius 1 is 1.23 bits per heavy atom. The summed E-state index contributed by atoms with van der Waals surface area (Å²) in [6.07, 6.45) is 1.63. The monoisotopic (exact) mass is 352 g/mol. The second-order valence-electron chi connectivity index (χ2n) is 5.59. The predicted octanol–water partition coefficient (Wildman–Crippen LogP) is 3.45. The molecule has 2 N–H and O–H groups in total. The van der Waals surface area contributed by atoms with Gasteiger partial charge in [0.05, 0.1) is 18.7 Å². The molecule has 0 aliphatic heterocycles. The first-order chi connectivity index (χ1) is 12.7. The van der Waals surface area contributed by atoms with Crippen molar-refractivity contribution in [1.29, 1.82) is 0 Å². The standard InChI is InChI=1S/C19H20N4O3/c1-3-25-16-8-6-14(7-9-16)22-18-17(5-4-10-20-18)19(24)21-12-15-11-13(2)26-23-15/h4-11H,3,12H2,1-2H3,(H,20,22)(H,21,24). The number of amides is 1. The van der Waals surface area contributed by atoms with Crippen LogP contribution in [0.25, 0.3) is 0 Å². The van der Waals surface area contributed by atoms with E-state index in [9.17, 15) is 4.79 Å². The molecule has 7 heteroatoms. The van der Waals surface area contributed by atoms with Crippen molar-refractivity contribution in [2.24, 2.45) is 0 Å². The Balaban J connectivity index is 1.69. The van der Waals surface area contributed by atoms with Crippen LogP contribution in [-0.2, 0) is 6.54 Å². The molecule has 0 radical (unpaired) electrons. The van der Waals surface area contributed by atoms with Crippen LogP contribution in [-0.4, -0.2) is 22.7 Å². The van der Waals surface area contributed by atoms with Gasteiger partial charge in [0.1, 0.15) is 23.0 Å². The smallest absolute Gasteiger partial charge is 0.255 e. The number of hydrogen-bond acceptors (Lipinski definition) is 6. The minimum atomic E-state index is -0.243. The molecule has 1 amide bonds. The number of carbonyl (C=O) groups is 1. The lowest BCUT2D eigenvalue weighted by Gasteiger charge is -2.11. The highest BCUT2D eigenvalue weighted by Gasteiger charge is 2.13. The van der Waals surface area contributed by atoms with E-state index in [2.05, 4.69) is 20.8 Å². The fraction of sp³-hybridized carbons (Fsp3) is 0.211. The first kappa shape index (κ1) is 17.5. The maximum absolute atomic E-state index is 12.5. The van der Waals surface area contributed by atoms with Crippen molar-refractivity contribution in [1.82, 2.24) is 15.5 Å². The van der Waals surface area contributed by atoms with Crippen LogP contribution in [0, 0.1) is 6.92 Å². The molecule has 3 rings (SSSR count). The highest BCUT2D eigenvalue weighted by molar-refractivity contribution is 5.99. The fourth-order valence-corrected chi connectivity index (χ4v) is 2.39. The van der Waals surface area contributed by atoms with Gasteiger partial charge in [-0.25, -0.2) is 4.98 Å². The van der Waals surface area contributed by atoms with Crippen LogP contribution in [0.3, 0.4) is 0 Å². The molecular weight excluding hydrogens is 332 g/mol. The number of ether oxygens (including phenoxy) is 1. The summed E-state index contributed by atoms with van der Waals surface area (Å²) < 4.78 is 10.4. The Labute approximate surface area is 151 Å². The number of aryl methyl sites for hydroxylation is 1. The lowest BCUT2D eigenvalue weighted by Crippen LogP contribution is -2.24. The van der Waals surface area contributed by atoms with E-state index in [1.807, 2.05) is 31.2 Å². The number of hydrogen-bond donors (Lipinski definition) is 2. The van der Waals surface area contributed by atoms with E-state index in [1.165, 1.54) is 0 Å². The summed E-state index contributed by atoms with van der Waals surface area (Å²) in [5, 5.41) is 9.84. The zero-order chi connectivity index (χ0) is 18.4. The average molecular weight is 352 g/mol. The van der Waals surface area contributed by atoms with E-state index in [4.69, 9.17) is 9.26 Å². The van der Waals surface area contributed by atoms with Gasteiger partial charge in [-0.3, -0.25) is 4.79 Å². The minimum absolute atomic E-state index is 0.243. The molecule has 0 unspecified atom stereocenters. The number of rotatable bonds is 7. The van der Waals surface area contributed by atoms with Crippen molar-refractivity contribution in [3.63, 3.8) is 0 Å². The molecule has 0 spiro atoms. The number of nitrogens with one attached hydrogen (secondary N) is 2. The third kappa shape index (κ3) is 4.38. The number of pyridine rings is 1. The van der Waals surface area contributed by atoms with E-state index in [-0.39, 0.29) is 12.5 Å². The molecule has 26 heavy (non-hydrogen) atoms. The van der Waals surface area contributed by atoms with Crippen LogP contribution < -0.4 is 15.4 Å². The molecule has 0 bridgehead atoms. The third-order valence-electron chi connectivity index (χ3n) is 3.59. The van der Waals surface area contributed by atoms with Gasteiger partial charge in [0.15, 0.2) is 0 Å². The average Bonchev–Trinajstić information content (AvgIpc) is 3.07. The SMILES string of the molecule is CCOc1ccc(Nc2ncccc2C(=O)NCc2cc(C)on2)cc1. The maximum Gasteiger partial charge on any atom is 0.255 e.